The maximum atomic E-state index is 10.8. The molecule has 0 aliphatic heterocycles. The molecular weight excluding hydrogens is 276 g/mol. The third-order valence-electron chi connectivity index (χ3n) is 2.79. The highest BCUT2D eigenvalue weighted by molar-refractivity contribution is 5.87. The maximum absolute atomic E-state index is 10.8. The molecule has 8 nitrogen and oxygen atoms in total. The van der Waals surface area contributed by atoms with E-state index in [0.29, 0.717) is 17.1 Å². The Labute approximate surface area is 119 Å². The van der Waals surface area contributed by atoms with Crippen molar-refractivity contribution in [2.24, 2.45) is 0 Å². The van der Waals surface area contributed by atoms with Crippen molar-refractivity contribution in [2.75, 3.05) is 5.32 Å². The first-order valence-corrected chi connectivity index (χ1v) is 6.00. The standard InChI is InChI=1S/C13H12N4O4/c1-8-6-15-12(5-11(8)17(20)21)16-7-10-4-9(13(18)19)2-3-14-10/h2-6H,7H2,1H3,(H,15,16)(H,18,19). The number of nitro groups is 1. The SMILES string of the molecule is Cc1cnc(NCc2cc(C(=O)O)ccn2)cc1[N+](=O)[O-]. The monoisotopic (exact) mass is 288 g/mol. The van der Waals surface area contributed by atoms with E-state index in [1.54, 1.807) is 6.92 Å². The normalized spacial score (nSPS) is 10.1. The molecule has 0 bridgehead atoms. The van der Waals surface area contributed by atoms with Crippen molar-refractivity contribution in [3.8, 4) is 0 Å². The lowest BCUT2D eigenvalue weighted by Crippen LogP contribution is -2.06. The van der Waals surface area contributed by atoms with E-state index < -0.39 is 10.9 Å². The van der Waals surface area contributed by atoms with Crippen molar-refractivity contribution in [3.05, 3.63) is 57.5 Å². The molecule has 0 amide bonds. The van der Waals surface area contributed by atoms with Gasteiger partial charge < -0.3 is 10.4 Å². The van der Waals surface area contributed by atoms with Crippen molar-refractivity contribution in [1.82, 2.24) is 9.97 Å². The average molecular weight is 288 g/mol. The van der Waals surface area contributed by atoms with Crippen LogP contribution in [0.3, 0.4) is 0 Å². The summed E-state index contributed by atoms with van der Waals surface area (Å²) in [5, 5.41) is 22.6. The number of nitrogens with zero attached hydrogens (tertiary/aromatic N) is 3. The van der Waals surface area contributed by atoms with E-state index in [1.807, 2.05) is 0 Å². The van der Waals surface area contributed by atoms with Crippen LogP contribution < -0.4 is 5.32 Å². The molecule has 2 rings (SSSR count). The second kappa shape index (κ2) is 5.95. The van der Waals surface area contributed by atoms with Crippen LogP contribution in [0.2, 0.25) is 0 Å². The third kappa shape index (κ3) is 3.50. The largest absolute Gasteiger partial charge is 0.478 e. The van der Waals surface area contributed by atoms with E-state index in [4.69, 9.17) is 5.11 Å². The number of hydrogen-bond donors (Lipinski definition) is 2. The Morgan fingerprint density at radius 3 is 2.86 bits per heavy atom. The van der Waals surface area contributed by atoms with E-state index in [-0.39, 0.29) is 17.8 Å². The molecule has 0 unspecified atom stereocenters. The first kappa shape index (κ1) is 14.4. The zero-order valence-electron chi connectivity index (χ0n) is 11.1. The fourth-order valence-electron chi connectivity index (χ4n) is 1.70. The van der Waals surface area contributed by atoms with E-state index in [9.17, 15) is 14.9 Å². The van der Waals surface area contributed by atoms with Crippen LogP contribution in [0.4, 0.5) is 11.5 Å². The Morgan fingerprint density at radius 1 is 1.43 bits per heavy atom. The van der Waals surface area contributed by atoms with Gasteiger partial charge in [0.1, 0.15) is 5.82 Å². The van der Waals surface area contributed by atoms with Gasteiger partial charge in [0.15, 0.2) is 0 Å². The second-order valence-corrected chi connectivity index (χ2v) is 4.31. The van der Waals surface area contributed by atoms with Gasteiger partial charge in [-0.15, -0.1) is 0 Å². The second-order valence-electron chi connectivity index (χ2n) is 4.31. The number of rotatable bonds is 5. The van der Waals surface area contributed by atoms with E-state index >= 15 is 0 Å². The number of hydrogen-bond acceptors (Lipinski definition) is 6. The van der Waals surface area contributed by atoms with Crippen molar-refractivity contribution >= 4 is 17.5 Å². The quantitative estimate of drug-likeness (QED) is 0.638. The molecule has 0 aliphatic carbocycles. The van der Waals surface area contributed by atoms with Crippen LogP contribution in [0.25, 0.3) is 0 Å². The van der Waals surface area contributed by atoms with E-state index in [1.165, 1.54) is 30.6 Å². The number of carbonyl (C=O) groups is 1. The molecule has 2 N–H and O–H groups in total. The van der Waals surface area contributed by atoms with Gasteiger partial charge in [-0.3, -0.25) is 15.1 Å². The lowest BCUT2D eigenvalue weighted by atomic mass is 10.2. The molecule has 21 heavy (non-hydrogen) atoms. The Kier molecular flexibility index (Phi) is 4.07. The van der Waals surface area contributed by atoms with Gasteiger partial charge in [-0.2, -0.15) is 0 Å². The van der Waals surface area contributed by atoms with Crippen LogP contribution in [-0.4, -0.2) is 26.0 Å². The van der Waals surface area contributed by atoms with Gasteiger partial charge in [0.25, 0.3) is 5.69 Å². The summed E-state index contributed by atoms with van der Waals surface area (Å²) in [5.41, 5.74) is 1.07. The molecule has 108 valence electrons. The number of carboxylic acid groups (broad SMARTS) is 1. The molecule has 0 aliphatic rings. The molecule has 0 saturated carbocycles. The molecule has 0 saturated heterocycles. The van der Waals surface area contributed by atoms with Crippen molar-refractivity contribution in [1.29, 1.82) is 0 Å². The van der Waals surface area contributed by atoms with Crippen molar-refractivity contribution in [2.45, 2.75) is 13.5 Å². The van der Waals surface area contributed by atoms with Gasteiger partial charge in [-0.1, -0.05) is 0 Å². The maximum Gasteiger partial charge on any atom is 0.335 e. The molecule has 0 spiro atoms. The van der Waals surface area contributed by atoms with Crippen molar-refractivity contribution < 1.29 is 14.8 Å². The van der Waals surface area contributed by atoms with Crippen LogP contribution in [0.5, 0.6) is 0 Å². The number of anilines is 1. The molecule has 8 heteroatoms. The topological polar surface area (TPSA) is 118 Å². The summed E-state index contributed by atoms with van der Waals surface area (Å²) in [6.07, 6.45) is 2.80. The Balaban J connectivity index is 2.13. The van der Waals surface area contributed by atoms with Gasteiger partial charge in [0, 0.05) is 18.0 Å². The fourth-order valence-corrected chi connectivity index (χ4v) is 1.70. The molecule has 2 aromatic heterocycles. The first-order chi connectivity index (χ1) is 9.97. The van der Waals surface area contributed by atoms with Crippen LogP contribution >= 0.6 is 0 Å². The van der Waals surface area contributed by atoms with Crippen LogP contribution in [0, 0.1) is 17.0 Å². The molecular formula is C13H12N4O4. The van der Waals surface area contributed by atoms with Gasteiger partial charge >= 0.3 is 5.97 Å². The number of pyridine rings is 2. The van der Waals surface area contributed by atoms with Crippen LogP contribution in [0.1, 0.15) is 21.6 Å². The zero-order valence-corrected chi connectivity index (χ0v) is 11.1. The van der Waals surface area contributed by atoms with Gasteiger partial charge in [0.2, 0.25) is 0 Å². The number of carboxylic acids is 1. The highest BCUT2D eigenvalue weighted by Gasteiger charge is 2.12. The molecule has 2 aromatic rings. The Morgan fingerprint density at radius 2 is 2.19 bits per heavy atom. The minimum absolute atomic E-state index is 0.0280. The van der Waals surface area contributed by atoms with Crippen LogP contribution in [-0.2, 0) is 6.54 Å². The molecule has 0 radical (unpaired) electrons. The third-order valence-corrected chi connectivity index (χ3v) is 2.79. The number of aromatic carboxylic acids is 1. The summed E-state index contributed by atoms with van der Waals surface area (Å²) >= 11 is 0. The molecule has 2 heterocycles. The zero-order chi connectivity index (χ0) is 15.4. The van der Waals surface area contributed by atoms with Gasteiger partial charge in [-0.25, -0.2) is 9.78 Å². The van der Waals surface area contributed by atoms with Crippen molar-refractivity contribution in [3.63, 3.8) is 0 Å². The Hall–Kier alpha value is -3.03. The summed E-state index contributed by atoms with van der Waals surface area (Å²) < 4.78 is 0. The predicted octanol–water partition coefficient (Wildman–Crippen LogP) is 2.00. The predicted molar refractivity (Wildman–Crippen MR) is 74.2 cm³/mol. The summed E-state index contributed by atoms with van der Waals surface area (Å²) in [6, 6.07) is 4.15. The fraction of sp³-hybridized carbons (Fsp3) is 0.154. The Bertz CT molecular complexity index is 702. The first-order valence-electron chi connectivity index (χ1n) is 6.00. The smallest absolute Gasteiger partial charge is 0.335 e. The minimum Gasteiger partial charge on any atom is -0.478 e. The highest BCUT2D eigenvalue weighted by Crippen LogP contribution is 2.20. The number of aryl methyl sites for hydroxylation is 1. The molecule has 0 aromatic carbocycles. The highest BCUT2D eigenvalue weighted by atomic mass is 16.6. The summed E-state index contributed by atoms with van der Waals surface area (Å²) in [4.78, 5) is 29.3. The lowest BCUT2D eigenvalue weighted by molar-refractivity contribution is -0.385. The van der Waals surface area contributed by atoms with E-state index in [0.717, 1.165) is 0 Å². The average Bonchev–Trinajstić information content (AvgIpc) is 2.46. The lowest BCUT2D eigenvalue weighted by Gasteiger charge is -2.06. The molecule has 0 atom stereocenters. The summed E-state index contributed by atoms with van der Waals surface area (Å²) in [7, 11) is 0. The van der Waals surface area contributed by atoms with Crippen LogP contribution in [0.15, 0.2) is 30.6 Å². The summed E-state index contributed by atoms with van der Waals surface area (Å²) in [5.74, 6) is -0.711. The van der Waals surface area contributed by atoms with Gasteiger partial charge in [-0.05, 0) is 19.1 Å². The van der Waals surface area contributed by atoms with Gasteiger partial charge in [0.05, 0.1) is 28.8 Å². The minimum atomic E-state index is -1.04. The molecule has 0 fully saturated rings. The van der Waals surface area contributed by atoms with E-state index in [2.05, 4.69) is 15.3 Å². The summed E-state index contributed by atoms with van der Waals surface area (Å²) in [6.45, 7) is 1.82. The number of aromatic nitrogens is 2. The number of nitrogens with one attached hydrogen (secondary N) is 1.